The number of allylic oxidation sites excluding steroid dienone is 4. The summed E-state index contributed by atoms with van der Waals surface area (Å²) >= 11 is 1.71. The largest absolute Gasteiger partial charge is 0.285 e. The van der Waals surface area contributed by atoms with Crippen LogP contribution >= 0.6 is 11.8 Å². The van der Waals surface area contributed by atoms with E-state index in [-0.39, 0.29) is 0 Å². The Morgan fingerprint density at radius 1 is 1.43 bits per heavy atom. The Kier molecular flexibility index (Phi) is 4.66. The second-order valence-corrected chi connectivity index (χ2v) is 3.78. The second-order valence-electron chi connectivity index (χ2n) is 2.93. The van der Waals surface area contributed by atoms with Crippen LogP contribution in [0.1, 0.15) is 13.3 Å². The van der Waals surface area contributed by atoms with Crippen LogP contribution in [0.4, 0.5) is 0 Å². The predicted octanol–water partition coefficient (Wildman–Crippen LogP) is 2.72. The monoisotopic (exact) mass is 208 g/mol. The average molecular weight is 208 g/mol. The molecule has 76 valence electrons. The molecule has 0 unspecified atom stereocenters. The zero-order chi connectivity index (χ0) is 10.4. The SMILES string of the molecule is CCCN=C1C=CC=C(SC)C1=NC. The van der Waals surface area contributed by atoms with E-state index in [0.717, 1.165) is 24.4 Å². The molecule has 0 saturated carbocycles. The zero-order valence-electron chi connectivity index (χ0n) is 8.95. The standard InChI is InChI=1S/C11H16N2S/c1-4-8-13-9-6-5-7-10(14-3)11(9)12-2/h5-7H,4,8H2,1-3H3. The van der Waals surface area contributed by atoms with Crippen molar-refractivity contribution in [3.63, 3.8) is 0 Å². The summed E-state index contributed by atoms with van der Waals surface area (Å²) < 4.78 is 0. The van der Waals surface area contributed by atoms with Crippen LogP contribution in [0, 0.1) is 0 Å². The van der Waals surface area contributed by atoms with Crippen LogP contribution in [-0.4, -0.2) is 31.3 Å². The van der Waals surface area contributed by atoms with Crippen LogP contribution in [0.15, 0.2) is 33.1 Å². The summed E-state index contributed by atoms with van der Waals surface area (Å²) in [5.41, 5.74) is 2.04. The number of nitrogens with zero attached hydrogens (tertiary/aromatic N) is 2. The van der Waals surface area contributed by atoms with Crippen molar-refractivity contribution in [3.05, 3.63) is 23.1 Å². The summed E-state index contributed by atoms with van der Waals surface area (Å²) in [4.78, 5) is 9.98. The van der Waals surface area contributed by atoms with E-state index in [1.807, 2.05) is 19.2 Å². The van der Waals surface area contributed by atoms with Crippen LogP contribution in [0.25, 0.3) is 0 Å². The quantitative estimate of drug-likeness (QED) is 0.654. The molecule has 14 heavy (non-hydrogen) atoms. The lowest BCUT2D eigenvalue weighted by molar-refractivity contribution is 0.935. The third-order valence-electron chi connectivity index (χ3n) is 1.93. The number of hydrogen-bond acceptors (Lipinski definition) is 3. The minimum atomic E-state index is 0.875. The molecule has 0 amide bonds. The molecule has 3 heteroatoms. The average Bonchev–Trinajstić information content (AvgIpc) is 2.25. The Hall–Kier alpha value is -0.830. The van der Waals surface area contributed by atoms with Crippen molar-refractivity contribution >= 4 is 23.2 Å². The Morgan fingerprint density at radius 3 is 2.79 bits per heavy atom. The fourth-order valence-electron chi connectivity index (χ4n) is 1.26. The van der Waals surface area contributed by atoms with Crippen molar-refractivity contribution < 1.29 is 0 Å². The summed E-state index contributed by atoms with van der Waals surface area (Å²) in [6.45, 7) is 3.00. The van der Waals surface area contributed by atoms with E-state index in [1.165, 1.54) is 4.91 Å². The van der Waals surface area contributed by atoms with Gasteiger partial charge in [0.15, 0.2) is 0 Å². The molecule has 1 aliphatic carbocycles. The first-order valence-electron chi connectivity index (χ1n) is 4.77. The molecular weight excluding hydrogens is 192 g/mol. The first-order valence-corrected chi connectivity index (χ1v) is 6.00. The van der Waals surface area contributed by atoms with Gasteiger partial charge in [0.25, 0.3) is 0 Å². The van der Waals surface area contributed by atoms with E-state index in [4.69, 9.17) is 0 Å². The van der Waals surface area contributed by atoms with E-state index < -0.39 is 0 Å². The van der Waals surface area contributed by atoms with Gasteiger partial charge >= 0.3 is 0 Å². The molecule has 0 saturated heterocycles. The highest BCUT2D eigenvalue weighted by atomic mass is 32.2. The highest BCUT2D eigenvalue weighted by Gasteiger charge is 2.12. The van der Waals surface area contributed by atoms with Crippen molar-refractivity contribution in [2.24, 2.45) is 9.98 Å². The van der Waals surface area contributed by atoms with Gasteiger partial charge in [0, 0.05) is 18.5 Å². The van der Waals surface area contributed by atoms with Gasteiger partial charge in [0.05, 0.1) is 11.4 Å². The predicted molar refractivity (Wildman–Crippen MR) is 66.7 cm³/mol. The number of rotatable bonds is 3. The maximum Gasteiger partial charge on any atom is 0.0958 e. The van der Waals surface area contributed by atoms with Crippen molar-refractivity contribution in [1.29, 1.82) is 0 Å². The second kappa shape index (κ2) is 5.81. The van der Waals surface area contributed by atoms with Crippen LogP contribution < -0.4 is 0 Å². The minimum absolute atomic E-state index is 0.875. The molecule has 2 nitrogen and oxygen atoms in total. The molecule has 0 spiro atoms. The van der Waals surface area contributed by atoms with Gasteiger partial charge in [0.2, 0.25) is 0 Å². The highest BCUT2D eigenvalue weighted by molar-refractivity contribution is 8.03. The number of thioether (sulfide) groups is 1. The maximum absolute atomic E-state index is 4.50. The third kappa shape index (κ3) is 2.58. The Balaban J connectivity index is 2.91. The van der Waals surface area contributed by atoms with Gasteiger partial charge in [-0.1, -0.05) is 13.0 Å². The van der Waals surface area contributed by atoms with Crippen LogP contribution in [-0.2, 0) is 0 Å². The minimum Gasteiger partial charge on any atom is -0.285 e. The van der Waals surface area contributed by atoms with Crippen LogP contribution in [0.2, 0.25) is 0 Å². The normalized spacial score (nSPS) is 21.8. The lowest BCUT2D eigenvalue weighted by Gasteiger charge is -2.11. The van der Waals surface area contributed by atoms with Gasteiger partial charge in [-0.2, -0.15) is 0 Å². The van der Waals surface area contributed by atoms with Crippen molar-refractivity contribution in [2.75, 3.05) is 19.8 Å². The summed E-state index contributed by atoms with van der Waals surface area (Å²) in [5, 5.41) is 0. The lowest BCUT2D eigenvalue weighted by Crippen LogP contribution is -2.16. The van der Waals surface area contributed by atoms with Gasteiger partial charge in [-0.25, -0.2) is 0 Å². The van der Waals surface area contributed by atoms with Gasteiger partial charge in [-0.3, -0.25) is 9.98 Å². The molecule has 0 heterocycles. The summed E-state index contributed by atoms with van der Waals surface area (Å²) in [7, 11) is 1.82. The first-order chi connectivity index (χ1) is 6.83. The molecule has 0 atom stereocenters. The van der Waals surface area contributed by atoms with Crippen LogP contribution in [0.5, 0.6) is 0 Å². The molecule has 0 bridgehead atoms. The van der Waals surface area contributed by atoms with Crippen LogP contribution in [0.3, 0.4) is 0 Å². The fourth-order valence-corrected chi connectivity index (χ4v) is 1.86. The Morgan fingerprint density at radius 2 is 2.21 bits per heavy atom. The molecular formula is C11H16N2S. The van der Waals surface area contributed by atoms with E-state index in [9.17, 15) is 0 Å². The molecule has 0 aliphatic heterocycles. The number of aliphatic imine (C=N–C) groups is 2. The molecule has 0 radical (unpaired) electrons. The molecule has 0 aromatic carbocycles. The first kappa shape index (κ1) is 11.2. The molecule has 0 aromatic heterocycles. The summed E-state index contributed by atoms with van der Waals surface area (Å²) in [6.07, 6.45) is 9.28. The van der Waals surface area contributed by atoms with Gasteiger partial charge in [-0.05, 0) is 24.8 Å². The zero-order valence-corrected chi connectivity index (χ0v) is 9.77. The summed E-state index contributed by atoms with van der Waals surface area (Å²) in [5.74, 6) is 0. The van der Waals surface area contributed by atoms with Crippen molar-refractivity contribution in [1.82, 2.24) is 0 Å². The van der Waals surface area contributed by atoms with E-state index >= 15 is 0 Å². The van der Waals surface area contributed by atoms with Crippen molar-refractivity contribution in [3.8, 4) is 0 Å². The third-order valence-corrected chi connectivity index (χ3v) is 2.70. The molecule has 1 aliphatic rings. The fraction of sp³-hybridized carbons (Fsp3) is 0.455. The highest BCUT2D eigenvalue weighted by Crippen LogP contribution is 2.18. The van der Waals surface area contributed by atoms with E-state index in [1.54, 1.807) is 11.8 Å². The summed E-state index contributed by atoms with van der Waals surface area (Å²) in [6, 6.07) is 0. The molecule has 0 aromatic rings. The molecule has 1 rings (SSSR count). The smallest absolute Gasteiger partial charge is 0.0958 e. The Labute approximate surface area is 89.9 Å². The Bertz CT molecular complexity index is 311. The maximum atomic E-state index is 4.50. The van der Waals surface area contributed by atoms with Gasteiger partial charge in [0.1, 0.15) is 0 Å². The van der Waals surface area contributed by atoms with Crippen molar-refractivity contribution in [2.45, 2.75) is 13.3 Å². The lowest BCUT2D eigenvalue weighted by atomic mass is 10.1. The number of hydrogen-bond donors (Lipinski definition) is 0. The molecule has 0 N–H and O–H groups in total. The van der Waals surface area contributed by atoms with E-state index in [0.29, 0.717) is 0 Å². The molecule has 0 fully saturated rings. The van der Waals surface area contributed by atoms with Gasteiger partial charge in [-0.15, -0.1) is 11.8 Å². The van der Waals surface area contributed by atoms with Gasteiger partial charge < -0.3 is 0 Å². The topological polar surface area (TPSA) is 24.7 Å². The van der Waals surface area contributed by atoms with E-state index in [2.05, 4.69) is 29.2 Å².